The van der Waals surface area contributed by atoms with E-state index in [1.165, 1.54) is 4.90 Å². The van der Waals surface area contributed by atoms with Crippen molar-refractivity contribution in [3.63, 3.8) is 0 Å². The third kappa shape index (κ3) is 8.17. The first-order valence-corrected chi connectivity index (χ1v) is 9.39. The van der Waals surface area contributed by atoms with Gasteiger partial charge in [-0.2, -0.15) is 13.2 Å². The van der Waals surface area contributed by atoms with Crippen molar-refractivity contribution < 1.29 is 17.9 Å². The summed E-state index contributed by atoms with van der Waals surface area (Å²) in [6.45, 7) is 6.36. The molecule has 2 rings (SSSR count). The molecule has 1 atom stereocenters. The maximum atomic E-state index is 12.5. The first kappa shape index (κ1) is 21.5. The number of ether oxygens (including phenoxy) is 1. The minimum atomic E-state index is -4.15. The second-order valence-corrected chi connectivity index (χ2v) is 6.63. The Morgan fingerprint density at radius 3 is 2.56 bits per heavy atom. The van der Waals surface area contributed by atoms with E-state index in [1.807, 2.05) is 38.1 Å². The molecular weight excluding hydrogens is 357 g/mol. The normalized spacial score (nSPS) is 18.7. The van der Waals surface area contributed by atoms with Crippen LogP contribution in [-0.4, -0.2) is 55.9 Å². The molecule has 0 saturated carbocycles. The zero-order valence-electron chi connectivity index (χ0n) is 16.0. The zero-order valence-corrected chi connectivity index (χ0v) is 16.0. The fourth-order valence-electron chi connectivity index (χ4n) is 2.99. The molecule has 1 unspecified atom stereocenters. The number of halogens is 3. The summed E-state index contributed by atoms with van der Waals surface area (Å²) in [6.07, 6.45) is -3.48. The number of rotatable bonds is 8. The Morgan fingerprint density at radius 2 is 1.93 bits per heavy atom. The van der Waals surface area contributed by atoms with Gasteiger partial charge in [0, 0.05) is 32.3 Å². The van der Waals surface area contributed by atoms with Gasteiger partial charge in [0.05, 0.1) is 19.7 Å². The minimum absolute atomic E-state index is 0.0290. The maximum absolute atomic E-state index is 12.5. The van der Waals surface area contributed by atoms with Gasteiger partial charge in [-0.15, -0.1) is 0 Å². The van der Waals surface area contributed by atoms with Crippen molar-refractivity contribution in [3.8, 4) is 0 Å². The predicted octanol–water partition coefficient (Wildman–Crippen LogP) is 2.91. The molecule has 152 valence electrons. The molecule has 0 bridgehead atoms. The van der Waals surface area contributed by atoms with Crippen LogP contribution in [-0.2, 0) is 17.9 Å². The van der Waals surface area contributed by atoms with E-state index in [4.69, 9.17) is 4.74 Å². The summed E-state index contributed by atoms with van der Waals surface area (Å²) in [5.74, 6) is 0.634. The van der Waals surface area contributed by atoms with E-state index in [9.17, 15) is 13.2 Å². The number of hydrogen-bond acceptors (Lipinski definition) is 3. The third-order valence-corrected chi connectivity index (χ3v) is 4.28. The van der Waals surface area contributed by atoms with Crippen molar-refractivity contribution in [3.05, 3.63) is 35.4 Å². The van der Waals surface area contributed by atoms with Crippen molar-refractivity contribution in [1.29, 1.82) is 0 Å². The van der Waals surface area contributed by atoms with Crippen LogP contribution in [0.25, 0.3) is 0 Å². The molecule has 1 aromatic carbocycles. The SMILES string of the molecule is CCNC(=NCc1ccc(COCC)cc1)NC1CCN(CC(F)(F)F)C1. The monoisotopic (exact) mass is 386 g/mol. The van der Waals surface area contributed by atoms with Gasteiger partial charge in [0.25, 0.3) is 0 Å². The fraction of sp³-hybridized carbons (Fsp3) is 0.632. The highest BCUT2D eigenvalue weighted by atomic mass is 19.4. The number of guanidine groups is 1. The second kappa shape index (κ2) is 10.5. The van der Waals surface area contributed by atoms with Crippen molar-refractivity contribution in [2.45, 2.75) is 45.6 Å². The Kier molecular flexibility index (Phi) is 8.37. The summed E-state index contributed by atoms with van der Waals surface area (Å²) < 4.78 is 42.9. The van der Waals surface area contributed by atoms with Gasteiger partial charge in [0.15, 0.2) is 5.96 Å². The first-order chi connectivity index (χ1) is 12.9. The molecular formula is C19H29F3N4O. The number of nitrogens with one attached hydrogen (secondary N) is 2. The zero-order chi connectivity index (χ0) is 19.7. The lowest BCUT2D eigenvalue weighted by Gasteiger charge is -2.19. The van der Waals surface area contributed by atoms with Crippen LogP contribution in [0.2, 0.25) is 0 Å². The molecule has 0 aromatic heterocycles. The lowest BCUT2D eigenvalue weighted by atomic mass is 10.1. The molecule has 0 aliphatic carbocycles. The lowest BCUT2D eigenvalue weighted by Crippen LogP contribution is -2.45. The highest BCUT2D eigenvalue weighted by Gasteiger charge is 2.34. The largest absolute Gasteiger partial charge is 0.401 e. The van der Waals surface area contributed by atoms with E-state index in [0.717, 1.165) is 11.1 Å². The van der Waals surface area contributed by atoms with Crippen LogP contribution in [0, 0.1) is 0 Å². The van der Waals surface area contributed by atoms with Crippen molar-refractivity contribution in [2.24, 2.45) is 4.99 Å². The topological polar surface area (TPSA) is 48.9 Å². The first-order valence-electron chi connectivity index (χ1n) is 9.39. The summed E-state index contributed by atoms with van der Waals surface area (Å²) in [4.78, 5) is 5.99. The average molecular weight is 386 g/mol. The smallest absolute Gasteiger partial charge is 0.377 e. The molecule has 1 heterocycles. The predicted molar refractivity (Wildman–Crippen MR) is 101 cm³/mol. The molecule has 1 saturated heterocycles. The summed E-state index contributed by atoms with van der Waals surface area (Å²) in [5, 5.41) is 6.41. The van der Waals surface area contributed by atoms with Crippen LogP contribution < -0.4 is 10.6 Å². The molecule has 0 radical (unpaired) electrons. The molecule has 27 heavy (non-hydrogen) atoms. The van der Waals surface area contributed by atoms with Crippen LogP contribution in [0.3, 0.4) is 0 Å². The maximum Gasteiger partial charge on any atom is 0.401 e. The molecule has 2 N–H and O–H groups in total. The van der Waals surface area contributed by atoms with Gasteiger partial charge in [-0.1, -0.05) is 24.3 Å². The van der Waals surface area contributed by atoms with Gasteiger partial charge in [-0.3, -0.25) is 4.90 Å². The van der Waals surface area contributed by atoms with E-state index in [1.54, 1.807) is 0 Å². The van der Waals surface area contributed by atoms with Crippen LogP contribution in [0.1, 0.15) is 31.4 Å². The number of hydrogen-bond donors (Lipinski definition) is 2. The summed E-state index contributed by atoms with van der Waals surface area (Å²) >= 11 is 0. The lowest BCUT2D eigenvalue weighted by molar-refractivity contribution is -0.143. The molecule has 1 aliphatic rings. The molecule has 5 nitrogen and oxygen atoms in total. The van der Waals surface area contributed by atoms with Gasteiger partial charge in [-0.05, 0) is 31.4 Å². The Balaban J connectivity index is 1.87. The minimum Gasteiger partial charge on any atom is -0.377 e. The second-order valence-electron chi connectivity index (χ2n) is 6.63. The number of alkyl halides is 3. The van der Waals surface area contributed by atoms with E-state index in [-0.39, 0.29) is 6.04 Å². The summed E-state index contributed by atoms with van der Waals surface area (Å²) in [6, 6.07) is 8.04. The highest BCUT2D eigenvalue weighted by Crippen LogP contribution is 2.20. The van der Waals surface area contributed by atoms with Crippen LogP contribution in [0.15, 0.2) is 29.3 Å². The summed E-state index contributed by atoms with van der Waals surface area (Å²) in [5.41, 5.74) is 2.18. The van der Waals surface area contributed by atoms with Crippen LogP contribution >= 0.6 is 0 Å². The Labute approximate surface area is 159 Å². The molecule has 0 amide bonds. The quantitative estimate of drug-likeness (QED) is 0.533. The van der Waals surface area contributed by atoms with E-state index in [2.05, 4.69) is 15.6 Å². The van der Waals surface area contributed by atoms with Crippen LogP contribution in [0.5, 0.6) is 0 Å². The van der Waals surface area contributed by atoms with Gasteiger partial charge in [0.2, 0.25) is 0 Å². The molecule has 0 spiro atoms. The standard InChI is InChI=1S/C19H29F3N4O/c1-3-23-18(25-17-9-10-26(12-17)14-19(20,21)22)24-11-15-5-7-16(8-6-15)13-27-4-2/h5-8,17H,3-4,9-14H2,1-2H3,(H2,23,24,25). The van der Waals surface area contributed by atoms with Crippen molar-refractivity contribution >= 4 is 5.96 Å². The average Bonchev–Trinajstić information content (AvgIpc) is 3.04. The molecule has 1 aliphatic heterocycles. The number of likely N-dealkylation sites (tertiary alicyclic amines) is 1. The Bertz CT molecular complexity index is 590. The van der Waals surface area contributed by atoms with E-state index < -0.39 is 12.7 Å². The Hall–Kier alpha value is -1.80. The molecule has 8 heteroatoms. The number of benzene rings is 1. The van der Waals surface area contributed by atoms with E-state index >= 15 is 0 Å². The summed E-state index contributed by atoms with van der Waals surface area (Å²) in [7, 11) is 0. The third-order valence-electron chi connectivity index (χ3n) is 4.28. The highest BCUT2D eigenvalue weighted by molar-refractivity contribution is 5.80. The van der Waals surface area contributed by atoms with Crippen molar-refractivity contribution in [2.75, 3.05) is 32.8 Å². The van der Waals surface area contributed by atoms with E-state index in [0.29, 0.717) is 51.8 Å². The Morgan fingerprint density at radius 1 is 1.22 bits per heavy atom. The fourth-order valence-corrected chi connectivity index (χ4v) is 2.99. The van der Waals surface area contributed by atoms with Gasteiger partial charge < -0.3 is 15.4 Å². The van der Waals surface area contributed by atoms with Gasteiger partial charge in [0.1, 0.15) is 0 Å². The van der Waals surface area contributed by atoms with Crippen LogP contribution in [0.4, 0.5) is 13.2 Å². The van der Waals surface area contributed by atoms with Gasteiger partial charge in [-0.25, -0.2) is 4.99 Å². The molecule has 1 aromatic rings. The molecule has 1 fully saturated rings. The van der Waals surface area contributed by atoms with Crippen molar-refractivity contribution in [1.82, 2.24) is 15.5 Å². The number of nitrogens with zero attached hydrogens (tertiary/aromatic N) is 2. The number of aliphatic imine (C=N–C) groups is 1. The van der Waals surface area contributed by atoms with Gasteiger partial charge >= 0.3 is 6.18 Å².